The van der Waals surface area contributed by atoms with Crippen molar-refractivity contribution in [3.05, 3.63) is 0 Å². The van der Waals surface area contributed by atoms with Gasteiger partial charge in [-0.2, -0.15) is 0 Å². The van der Waals surface area contributed by atoms with Crippen molar-refractivity contribution in [2.24, 2.45) is 5.92 Å². The molecule has 0 aromatic rings. The van der Waals surface area contributed by atoms with E-state index < -0.39 is 5.97 Å². The van der Waals surface area contributed by atoms with E-state index in [0.29, 0.717) is 38.6 Å². The predicted octanol–water partition coefficient (Wildman–Crippen LogP) is 2.09. The molecule has 1 aliphatic rings. The maximum atomic E-state index is 12.1. The molecule has 2 amide bonds. The molecule has 0 aromatic heterocycles. The molecule has 0 spiro atoms. The highest BCUT2D eigenvalue weighted by atomic mass is 16.5. The number of rotatable bonds is 8. The van der Waals surface area contributed by atoms with Crippen LogP contribution in [0.1, 0.15) is 46.0 Å². The van der Waals surface area contributed by atoms with E-state index in [0.717, 1.165) is 19.3 Å². The number of nitrogens with one attached hydrogen (secondary N) is 1. The summed E-state index contributed by atoms with van der Waals surface area (Å²) in [5.74, 6) is -0.397. The summed E-state index contributed by atoms with van der Waals surface area (Å²) in [5, 5.41) is 11.6. The van der Waals surface area contributed by atoms with Crippen molar-refractivity contribution >= 4 is 12.0 Å². The number of nitrogens with zero attached hydrogens (tertiary/aromatic N) is 1. The van der Waals surface area contributed by atoms with Crippen molar-refractivity contribution in [1.82, 2.24) is 10.2 Å². The van der Waals surface area contributed by atoms with E-state index in [9.17, 15) is 9.59 Å². The lowest BCUT2D eigenvalue weighted by atomic mass is 9.97. The number of morpholine rings is 1. The number of carboxylic acids is 1. The van der Waals surface area contributed by atoms with E-state index in [4.69, 9.17) is 9.84 Å². The van der Waals surface area contributed by atoms with Gasteiger partial charge in [0.2, 0.25) is 0 Å². The Morgan fingerprint density at radius 1 is 1.38 bits per heavy atom. The van der Waals surface area contributed by atoms with Gasteiger partial charge in [-0.1, -0.05) is 20.3 Å². The zero-order valence-corrected chi connectivity index (χ0v) is 13.1. The number of urea groups is 1. The van der Waals surface area contributed by atoms with Crippen LogP contribution < -0.4 is 5.32 Å². The number of carbonyl (C=O) groups excluding carboxylic acids is 1. The number of ether oxygens (including phenoxy) is 1. The molecule has 1 fully saturated rings. The van der Waals surface area contributed by atoms with Gasteiger partial charge in [-0.15, -0.1) is 0 Å². The fourth-order valence-corrected chi connectivity index (χ4v) is 2.53. The summed E-state index contributed by atoms with van der Waals surface area (Å²) in [6.07, 6.45) is 3.71. The third kappa shape index (κ3) is 6.80. The maximum absolute atomic E-state index is 12.1. The first-order valence-electron chi connectivity index (χ1n) is 7.92. The van der Waals surface area contributed by atoms with E-state index in [-0.39, 0.29) is 18.6 Å². The second kappa shape index (κ2) is 9.60. The minimum atomic E-state index is -0.753. The highest BCUT2D eigenvalue weighted by Crippen LogP contribution is 2.15. The molecule has 2 N–H and O–H groups in total. The number of carbonyl (C=O) groups is 2. The van der Waals surface area contributed by atoms with E-state index in [1.54, 1.807) is 4.90 Å². The summed E-state index contributed by atoms with van der Waals surface area (Å²) >= 11 is 0. The van der Waals surface area contributed by atoms with Crippen molar-refractivity contribution < 1.29 is 19.4 Å². The Labute approximate surface area is 126 Å². The highest BCUT2D eigenvalue weighted by molar-refractivity contribution is 5.74. The molecule has 2 atom stereocenters. The Hall–Kier alpha value is -1.30. The average molecular weight is 300 g/mol. The van der Waals surface area contributed by atoms with Crippen LogP contribution in [0.25, 0.3) is 0 Å². The van der Waals surface area contributed by atoms with E-state index in [1.165, 1.54) is 0 Å². The highest BCUT2D eigenvalue weighted by Gasteiger charge is 2.22. The molecule has 0 radical (unpaired) electrons. The first-order valence-corrected chi connectivity index (χ1v) is 7.92. The number of hydrogen-bond donors (Lipinski definition) is 2. The van der Waals surface area contributed by atoms with Crippen molar-refractivity contribution in [2.45, 2.75) is 52.1 Å². The number of hydrogen-bond acceptors (Lipinski definition) is 3. The maximum Gasteiger partial charge on any atom is 0.317 e. The molecular formula is C15H28N2O4. The first-order chi connectivity index (χ1) is 10.1. The van der Waals surface area contributed by atoms with Crippen LogP contribution in [0.4, 0.5) is 4.79 Å². The van der Waals surface area contributed by atoms with E-state index >= 15 is 0 Å². The lowest BCUT2D eigenvalue weighted by Gasteiger charge is -2.32. The summed E-state index contributed by atoms with van der Waals surface area (Å²) in [4.78, 5) is 24.4. The van der Waals surface area contributed by atoms with Gasteiger partial charge in [-0.05, 0) is 25.2 Å². The SMILES string of the molecule is CCC(CCNC(=O)N1CCOC(CC)C1)CCC(=O)O. The Balaban J connectivity index is 2.23. The molecule has 1 heterocycles. The molecule has 6 heteroatoms. The Morgan fingerprint density at radius 3 is 2.76 bits per heavy atom. The molecule has 2 unspecified atom stereocenters. The quantitative estimate of drug-likeness (QED) is 0.719. The molecule has 1 aliphatic heterocycles. The Bertz CT molecular complexity index is 336. The zero-order chi connectivity index (χ0) is 15.7. The molecule has 0 aliphatic carbocycles. The van der Waals surface area contributed by atoms with Crippen LogP contribution in [0.2, 0.25) is 0 Å². The monoisotopic (exact) mass is 300 g/mol. The average Bonchev–Trinajstić information content (AvgIpc) is 2.50. The Morgan fingerprint density at radius 2 is 2.14 bits per heavy atom. The van der Waals surface area contributed by atoms with E-state index in [2.05, 4.69) is 19.2 Å². The summed E-state index contributed by atoms with van der Waals surface area (Å²) < 4.78 is 5.54. The summed E-state index contributed by atoms with van der Waals surface area (Å²) in [6, 6.07) is -0.0372. The fraction of sp³-hybridized carbons (Fsp3) is 0.867. The van der Waals surface area contributed by atoms with Crippen LogP contribution in [-0.2, 0) is 9.53 Å². The third-order valence-electron chi connectivity index (χ3n) is 4.05. The van der Waals surface area contributed by atoms with Gasteiger partial charge in [-0.3, -0.25) is 4.79 Å². The number of aliphatic carboxylic acids is 1. The lowest BCUT2D eigenvalue weighted by molar-refractivity contribution is -0.137. The van der Waals surface area contributed by atoms with Gasteiger partial charge in [0.25, 0.3) is 0 Å². The van der Waals surface area contributed by atoms with Gasteiger partial charge in [0.05, 0.1) is 12.7 Å². The first kappa shape index (κ1) is 17.8. The summed E-state index contributed by atoms with van der Waals surface area (Å²) in [7, 11) is 0. The van der Waals surface area contributed by atoms with Gasteiger partial charge in [-0.25, -0.2) is 4.79 Å². The van der Waals surface area contributed by atoms with E-state index in [1.807, 2.05) is 0 Å². The zero-order valence-electron chi connectivity index (χ0n) is 13.1. The van der Waals surface area contributed by atoms with Crippen LogP contribution in [0, 0.1) is 5.92 Å². The van der Waals surface area contributed by atoms with Crippen LogP contribution in [0.5, 0.6) is 0 Å². The second-order valence-electron chi connectivity index (χ2n) is 5.57. The number of amides is 2. The minimum absolute atomic E-state index is 0.0372. The molecule has 6 nitrogen and oxygen atoms in total. The molecule has 0 saturated carbocycles. The number of carboxylic acid groups (broad SMARTS) is 1. The molecular weight excluding hydrogens is 272 g/mol. The fourth-order valence-electron chi connectivity index (χ4n) is 2.53. The predicted molar refractivity (Wildman–Crippen MR) is 80.3 cm³/mol. The van der Waals surface area contributed by atoms with Gasteiger partial charge in [0.1, 0.15) is 0 Å². The van der Waals surface area contributed by atoms with Crippen molar-refractivity contribution in [2.75, 3.05) is 26.2 Å². The molecule has 1 saturated heterocycles. The van der Waals surface area contributed by atoms with Crippen molar-refractivity contribution in [3.63, 3.8) is 0 Å². The van der Waals surface area contributed by atoms with Crippen molar-refractivity contribution in [1.29, 1.82) is 0 Å². The van der Waals surface area contributed by atoms with Crippen molar-refractivity contribution in [3.8, 4) is 0 Å². The molecule has 0 aromatic carbocycles. The topological polar surface area (TPSA) is 78.9 Å². The molecule has 122 valence electrons. The van der Waals surface area contributed by atoms with Gasteiger partial charge < -0.3 is 20.1 Å². The van der Waals surface area contributed by atoms with Crippen LogP contribution in [0.15, 0.2) is 0 Å². The smallest absolute Gasteiger partial charge is 0.317 e. The normalized spacial score (nSPS) is 20.1. The lowest BCUT2D eigenvalue weighted by Crippen LogP contribution is -2.49. The minimum Gasteiger partial charge on any atom is -0.481 e. The summed E-state index contributed by atoms with van der Waals surface area (Å²) in [6.45, 7) is 6.60. The summed E-state index contributed by atoms with van der Waals surface area (Å²) in [5.41, 5.74) is 0. The van der Waals surface area contributed by atoms with Crippen LogP contribution >= 0.6 is 0 Å². The largest absolute Gasteiger partial charge is 0.481 e. The van der Waals surface area contributed by atoms with Gasteiger partial charge >= 0.3 is 12.0 Å². The standard InChI is InChI=1S/C15H28N2O4/c1-3-12(5-6-14(18)19)7-8-16-15(20)17-9-10-21-13(4-2)11-17/h12-13H,3-11H2,1-2H3,(H,16,20)(H,18,19). The van der Waals surface area contributed by atoms with Gasteiger partial charge in [0, 0.05) is 26.1 Å². The second-order valence-corrected chi connectivity index (χ2v) is 5.57. The Kier molecular flexibility index (Phi) is 8.12. The molecule has 21 heavy (non-hydrogen) atoms. The molecule has 0 bridgehead atoms. The van der Waals surface area contributed by atoms with Crippen LogP contribution in [0.3, 0.4) is 0 Å². The van der Waals surface area contributed by atoms with Gasteiger partial charge in [0.15, 0.2) is 0 Å². The molecule has 1 rings (SSSR count). The van der Waals surface area contributed by atoms with Crippen LogP contribution in [-0.4, -0.2) is 54.4 Å². The third-order valence-corrected chi connectivity index (χ3v) is 4.05.